The number of para-hydroxylation sites is 1. The van der Waals surface area contributed by atoms with Crippen molar-refractivity contribution in [3.05, 3.63) is 83.0 Å². The third kappa shape index (κ3) is 4.02. The van der Waals surface area contributed by atoms with Crippen molar-refractivity contribution in [3.63, 3.8) is 0 Å². The van der Waals surface area contributed by atoms with Crippen LogP contribution in [0.5, 0.6) is 0 Å². The highest BCUT2D eigenvalue weighted by Gasteiger charge is 2.22. The van der Waals surface area contributed by atoms with Gasteiger partial charge in [0.15, 0.2) is 10.3 Å². The number of nitrogens with one attached hydrogen (secondary N) is 1. The Morgan fingerprint density at radius 2 is 1.94 bits per heavy atom. The molecule has 3 heterocycles. The molecular formula is C24H20N6O2S2. The van der Waals surface area contributed by atoms with Crippen LogP contribution in [0.1, 0.15) is 6.92 Å². The van der Waals surface area contributed by atoms with Crippen molar-refractivity contribution < 1.29 is 4.79 Å². The first-order valence-corrected chi connectivity index (χ1v) is 12.3. The lowest BCUT2D eigenvalue weighted by Gasteiger charge is -2.12. The number of nitrogens with zero attached hydrogens (tertiary/aromatic N) is 5. The summed E-state index contributed by atoms with van der Waals surface area (Å²) in [7, 11) is 0. The van der Waals surface area contributed by atoms with Crippen LogP contribution < -0.4 is 10.9 Å². The molecule has 5 aromatic rings. The minimum absolute atomic E-state index is 0.157. The van der Waals surface area contributed by atoms with E-state index in [0.717, 1.165) is 11.3 Å². The number of fused-ring (bicyclic) bond motifs is 3. The summed E-state index contributed by atoms with van der Waals surface area (Å²) in [4.78, 5) is 30.4. The van der Waals surface area contributed by atoms with Crippen LogP contribution in [0.15, 0.2) is 82.6 Å². The number of benzene rings is 2. The Hall–Kier alpha value is -3.76. The fraction of sp³-hybridized carbons (Fsp3) is 0.125. The van der Waals surface area contributed by atoms with E-state index in [4.69, 9.17) is 0 Å². The molecule has 0 fully saturated rings. The molecule has 0 unspecified atom stereocenters. The van der Waals surface area contributed by atoms with E-state index in [9.17, 15) is 9.59 Å². The maximum Gasteiger partial charge on any atom is 0.263 e. The van der Waals surface area contributed by atoms with Crippen LogP contribution in [0.3, 0.4) is 0 Å². The number of thioether (sulfide) groups is 1. The lowest BCUT2D eigenvalue weighted by Crippen LogP contribution is -2.24. The van der Waals surface area contributed by atoms with Crippen LogP contribution >= 0.6 is 23.1 Å². The number of thiazole rings is 1. The summed E-state index contributed by atoms with van der Waals surface area (Å²) in [5.74, 6) is 0.213. The number of hydrogen-bond donors (Lipinski definition) is 1. The zero-order valence-electron chi connectivity index (χ0n) is 18.2. The first-order valence-electron chi connectivity index (χ1n) is 10.5. The molecule has 0 bridgehead atoms. The highest BCUT2D eigenvalue weighted by atomic mass is 32.2. The number of carbonyl (C=O) groups is 1. The normalized spacial score (nSPS) is 12.1. The summed E-state index contributed by atoms with van der Waals surface area (Å²) >= 11 is 2.65. The Labute approximate surface area is 203 Å². The van der Waals surface area contributed by atoms with Gasteiger partial charge in [0.1, 0.15) is 0 Å². The van der Waals surface area contributed by atoms with Gasteiger partial charge in [0.25, 0.3) is 5.56 Å². The molecule has 0 radical (unpaired) electrons. The van der Waals surface area contributed by atoms with Gasteiger partial charge in [-0.1, -0.05) is 60.3 Å². The van der Waals surface area contributed by atoms with Crippen LogP contribution in [0, 0.1) is 0 Å². The Balaban J connectivity index is 1.42. The van der Waals surface area contributed by atoms with Crippen molar-refractivity contribution in [1.29, 1.82) is 0 Å². The molecule has 1 N–H and O–H groups in total. The van der Waals surface area contributed by atoms with Crippen LogP contribution in [0.4, 0.5) is 5.13 Å². The summed E-state index contributed by atoms with van der Waals surface area (Å²) in [5, 5.41) is 14.5. The maximum absolute atomic E-state index is 12.9. The lowest BCUT2D eigenvalue weighted by atomic mass is 10.2. The predicted octanol–water partition coefficient (Wildman–Crippen LogP) is 4.47. The molecule has 8 nitrogen and oxygen atoms in total. The molecule has 0 aliphatic heterocycles. The van der Waals surface area contributed by atoms with Crippen molar-refractivity contribution in [3.8, 4) is 11.3 Å². The van der Waals surface area contributed by atoms with Gasteiger partial charge >= 0.3 is 0 Å². The number of aromatic nitrogens is 5. The molecule has 0 saturated heterocycles. The van der Waals surface area contributed by atoms with Crippen LogP contribution in [0.25, 0.3) is 27.9 Å². The maximum atomic E-state index is 12.9. The van der Waals surface area contributed by atoms with Crippen molar-refractivity contribution in [1.82, 2.24) is 24.1 Å². The molecule has 0 aliphatic rings. The number of rotatable bonds is 7. The Morgan fingerprint density at radius 3 is 2.74 bits per heavy atom. The second-order valence-corrected chi connectivity index (χ2v) is 9.66. The van der Waals surface area contributed by atoms with E-state index in [1.54, 1.807) is 19.1 Å². The highest BCUT2D eigenvalue weighted by Crippen LogP contribution is 2.28. The fourth-order valence-electron chi connectivity index (χ4n) is 3.59. The molecule has 3 aromatic heterocycles. The van der Waals surface area contributed by atoms with Gasteiger partial charge in [-0.05, 0) is 19.1 Å². The van der Waals surface area contributed by atoms with Gasteiger partial charge in [0.2, 0.25) is 11.7 Å². The number of carbonyl (C=O) groups excluding carboxylic acids is 1. The first kappa shape index (κ1) is 22.1. The molecule has 1 atom stereocenters. The molecule has 10 heteroatoms. The second kappa shape index (κ2) is 9.24. The molecule has 0 spiro atoms. The van der Waals surface area contributed by atoms with Gasteiger partial charge in [-0.3, -0.25) is 18.6 Å². The molecule has 0 aliphatic carbocycles. The molecule has 2 aromatic carbocycles. The van der Waals surface area contributed by atoms with E-state index in [-0.39, 0.29) is 11.5 Å². The number of allylic oxidation sites excluding steroid dienone is 1. The third-order valence-corrected chi connectivity index (χ3v) is 7.05. The summed E-state index contributed by atoms with van der Waals surface area (Å²) in [6, 6.07) is 17.1. The quantitative estimate of drug-likeness (QED) is 0.268. The van der Waals surface area contributed by atoms with Gasteiger partial charge in [-0.15, -0.1) is 28.1 Å². The minimum Gasteiger partial charge on any atom is -0.301 e. The fourth-order valence-corrected chi connectivity index (χ4v) is 5.17. The summed E-state index contributed by atoms with van der Waals surface area (Å²) < 4.78 is 3.34. The molecule has 5 rings (SSSR count). The van der Waals surface area contributed by atoms with Crippen molar-refractivity contribution in [2.45, 2.75) is 23.9 Å². The second-order valence-electron chi connectivity index (χ2n) is 7.49. The van der Waals surface area contributed by atoms with E-state index in [1.807, 2.05) is 58.3 Å². The lowest BCUT2D eigenvalue weighted by molar-refractivity contribution is -0.115. The highest BCUT2D eigenvalue weighted by molar-refractivity contribution is 8.00. The first-order chi connectivity index (χ1) is 16.6. The Morgan fingerprint density at radius 1 is 1.18 bits per heavy atom. The van der Waals surface area contributed by atoms with E-state index in [1.165, 1.54) is 27.7 Å². The smallest absolute Gasteiger partial charge is 0.263 e. The SMILES string of the molecule is C=CCn1c(=O)c2ccccc2n2c(S[C@H](C)C(=O)Nc3nc(-c4ccccc4)cs3)nnc12. The average molecular weight is 489 g/mol. The Bertz CT molecular complexity index is 1570. The van der Waals surface area contributed by atoms with Gasteiger partial charge in [-0.25, -0.2) is 4.98 Å². The van der Waals surface area contributed by atoms with Crippen LogP contribution in [-0.4, -0.2) is 35.3 Å². The van der Waals surface area contributed by atoms with Crippen molar-refractivity contribution >= 4 is 50.8 Å². The monoisotopic (exact) mass is 488 g/mol. The molecular weight excluding hydrogens is 468 g/mol. The van der Waals surface area contributed by atoms with Gasteiger partial charge in [-0.2, -0.15) is 0 Å². The average Bonchev–Trinajstić information content (AvgIpc) is 3.50. The zero-order chi connectivity index (χ0) is 23.7. The van der Waals surface area contributed by atoms with E-state index < -0.39 is 5.25 Å². The van der Waals surface area contributed by atoms with Crippen molar-refractivity contribution in [2.24, 2.45) is 0 Å². The third-order valence-electron chi connectivity index (χ3n) is 5.25. The van der Waals surface area contributed by atoms with Crippen molar-refractivity contribution in [2.75, 3.05) is 5.32 Å². The molecule has 34 heavy (non-hydrogen) atoms. The molecule has 1 amide bonds. The molecule has 0 saturated carbocycles. The van der Waals surface area contributed by atoms with Gasteiger partial charge < -0.3 is 5.32 Å². The van der Waals surface area contributed by atoms with E-state index in [2.05, 4.69) is 27.1 Å². The van der Waals surface area contributed by atoms with Crippen LogP contribution in [0.2, 0.25) is 0 Å². The van der Waals surface area contributed by atoms with Crippen LogP contribution in [-0.2, 0) is 11.3 Å². The van der Waals surface area contributed by atoms with E-state index in [0.29, 0.717) is 33.5 Å². The largest absolute Gasteiger partial charge is 0.301 e. The zero-order valence-corrected chi connectivity index (χ0v) is 19.8. The summed E-state index contributed by atoms with van der Waals surface area (Å²) in [6.07, 6.45) is 1.64. The molecule has 170 valence electrons. The number of hydrogen-bond acceptors (Lipinski definition) is 7. The van der Waals surface area contributed by atoms with Gasteiger partial charge in [0, 0.05) is 17.5 Å². The Kier molecular flexibility index (Phi) is 5.99. The van der Waals surface area contributed by atoms with E-state index >= 15 is 0 Å². The van der Waals surface area contributed by atoms with Gasteiger partial charge in [0.05, 0.1) is 21.8 Å². The topological polar surface area (TPSA) is 94.2 Å². The minimum atomic E-state index is -0.477. The summed E-state index contributed by atoms with van der Waals surface area (Å²) in [6.45, 7) is 5.85. The standard InChI is InChI=1S/C24H20N6O2S2/c1-3-13-29-21(32)17-11-7-8-12-19(17)30-23(29)27-28-24(30)34-15(2)20(31)26-22-25-18(14-33-22)16-9-5-4-6-10-16/h3-12,14-15H,1,13H2,2H3,(H,25,26,31)/t15-/m1/s1. The number of amides is 1. The predicted molar refractivity (Wildman–Crippen MR) is 136 cm³/mol. The number of anilines is 1. The summed E-state index contributed by atoms with van der Waals surface area (Å²) in [5.41, 5.74) is 2.34.